The zero-order valence-corrected chi connectivity index (χ0v) is 17.6. The van der Waals surface area contributed by atoms with Crippen LogP contribution >= 0.6 is 11.6 Å². The van der Waals surface area contributed by atoms with Gasteiger partial charge in [0.25, 0.3) is 0 Å². The average molecular weight is 415 g/mol. The molecule has 2 heterocycles. The van der Waals surface area contributed by atoms with Crippen molar-refractivity contribution in [3.63, 3.8) is 0 Å². The van der Waals surface area contributed by atoms with Crippen LogP contribution in [-0.4, -0.2) is 19.7 Å². The van der Waals surface area contributed by atoms with Crippen molar-refractivity contribution in [3.8, 4) is 22.6 Å². The summed E-state index contributed by atoms with van der Waals surface area (Å²) in [7, 11) is 1.87. The van der Waals surface area contributed by atoms with Crippen LogP contribution in [0.15, 0.2) is 30.3 Å². The third-order valence-electron chi connectivity index (χ3n) is 5.01. The van der Waals surface area contributed by atoms with Crippen molar-refractivity contribution in [1.82, 2.24) is 19.7 Å². The molecule has 0 fully saturated rings. The van der Waals surface area contributed by atoms with Crippen LogP contribution in [0.25, 0.3) is 33.7 Å². The molecule has 0 radical (unpaired) electrons. The summed E-state index contributed by atoms with van der Waals surface area (Å²) in [4.78, 5) is 7.89. The average Bonchev–Trinajstić information content (AvgIpc) is 3.15. The highest BCUT2D eigenvalue weighted by atomic mass is 35.5. The molecule has 2 aromatic carbocycles. The van der Waals surface area contributed by atoms with Gasteiger partial charge in [-0.15, -0.1) is 0 Å². The fraction of sp³-hybridized carbons (Fsp3) is 0.273. The third-order valence-corrected chi connectivity index (χ3v) is 5.30. The Morgan fingerprint density at radius 2 is 1.76 bits per heavy atom. The van der Waals surface area contributed by atoms with E-state index in [1.807, 2.05) is 14.0 Å². The number of H-pyrrole nitrogens is 1. The Hall–Kier alpha value is -2.73. The molecule has 1 N–H and O–H groups in total. The molecule has 0 spiro atoms. The molecular formula is C22H21ClF2N4. The SMILES string of the molecule is Cc1c(C(C)(C)C)nn(C)c1-c1nc2c(Cl)cc(-c3c(F)cccc3F)cc2[nH]1. The van der Waals surface area contributed by atoms with E-state index in [2.05, 4.69) is 35.8 Å². The van der Waals surface area contributed by atoms with Crippen LogP contribution in [0, 0.1) is 18.6 Å². The summed E-state index contributed by atoms with van der Waals surface area (Å²) in [5.41, 5.74) is 4.12. The summed E-state index contributed by atoms with van der Waals surface area (Å²) in [6, 6.07) is 6.98. The van der Waals surface area contributed by atoms with E-state index in [0.717, 1.165) is 17.0 Å². The molecule has 0 aliphatic heterocycles. The number of aryl methyl sites for hydroxylation is 1. The largest absolute Gasteiger partial charge is 0.337 e. The van der Waals surface area contributed by atoms with Crippen LogP contribution in [-0.2, 0) is 12.5 Å². The molecule has 29 heavy (non-hydrogen) atoms. The number of nitrogens with zero attached hydrogens (tertiary/aromatic N) is 3. The van der Waals surface area contributed by atoms with Gasteiger partial charge in [0, 0.05) is 18.0 Å². The molecule has 0 bridgehead atoms. The number of aromatic nitrogens is 4. The number of rotatable bonds is 2. The van der Waals surface area contributed by atoms with Crippen LogP contribution < -0.4 is 0 Å². The smallest absolute Gasteiger partial charge is 0.157 e. The van der Waals surface area contributed by atoms with Gasteiger partial charge in [0.05, 0.1) is 21.8 Å². The molecule has 0 unspecified atom stereocenters. The Bertz CT molecular complexity index is 1230. The summed E-state index contributed by atoms with van der Waals surface area (Å²) in [6.45, 7) is 8.34. The number of aromatic amines is 1. The zero-order valence-electron chi connectivity index (χ0n) is 16.9. The van der Waals surface area contributed by atoms with Crippen molar-refractivity contribution in [2.45, 2.75) is 33.1 Å². The van der Waals surface area contributed by atoms with E-state index in [0.29, 0.717) is 27.4 Å². The topological polar surface area (TPSA) is 46.5 Å². The Labute approximate surface area is 172 Å². The maximum Gasteiger partial charge on any atom is 0.157 e. The molecule has 4 rings (SSSR count). The molecule has 0 aliphatic rings. The second-order valence-electron chi connectivity index (χ2n) is 8.23. The normalized spacial score (nSPS) is 12.1. The van der Waals surface area contributed by atoms with Crippen molar-refractivity contribution in [2.75, 3.05) is 0 Å². The first kappa shape index (κ1) is 19.6. The zero-order chi connectivity index (χ0) is 21.1. The van der Waals surface area contributed by atoms with Gasteiger partial charge in [-0.25, -0.2) is 13.8 Å². The van der Waals surface area contributed by atoms with Crippen molar-refractivity contribution in [2.24, 2.45) is 7.05 Å². The Morgan fingerprint density at radius 1 is 1.10 bits per heavy atom. The predicted molar refractivity (Wildman–Crippen MR) is 112 cm³/mol. The fourth-order valence-electron chi connectivity index (χ4n) is 3.78. The van der Waals surface area contributed by atoms with Gasteiger partial charge in [0.2, 0.25) is 0 Å². The number of hydrogen-bond acceptors (Lipinski definition) is 2. The van der Waals surface area contributed by atoms with Crippen molar-refractivity contribution >= 4 is 22.6 Å². The molecule has 2 aromatic heterocycles. The molecule has 0 saturated carbocycles. The van der Waals surface area contributed by atoms with Gasteiger partial charge in [-0.2, -0.15) is 5.10 Å². The molecule has 0 saturated heterocycles. The Morgan fingerprint density at radius 3 is 2.34 bits per heavy atom. The number of fused-ring (bicyclic) bond motifs is 1. The van der Waals surface area contributed by atoms with Gasteiger partial charge < -0.3 is 4.98 Å². The number of benzene rings is 2. The molecule has 150 valence electrons. The summed E-state index contributed by atoms with van der Waals surface area (Å²) in [6.07, 6.45) is 0. The summed E-state index contributed by atoms with van der Waals surface area (Å²) in [5, 5.41) is 4.98. The Kier molecular flexibility index (Phi) is 4.50. The lowest BCUT2D eigenvalue weighted by atomic mass is 9.89. The minimum absolute atomic E-state index is 0.112. The first-order valence-corrected chi connectivity index (χ1v) is 9.64. The van der Waals surface area contributed by atoms with E-state index >= 15 is 0 Å². The number of nitrogens with one attached hydrogen (secondary N) is 1. The molecule has 0 atom stereocenters. The molecule has 4 aromatic rings. The monoisotopic (exact) mass is 414 g/mol. The fourth-order valence-corrected chi connectivity index (χ4v) is 4.04. The van der Waals surface area contributed by atoms with Crippen molar-refractivity contribution in [3.05, 3.63) is 58.2 Å². The van der Waals surface area contributed by atoms with Crippen molar-refractivity contribution < 1.29 is 8.78 Å². The molecule has 7 heteroatoms. The number of hydrogen-bond donors (Lipinski definition) is 1. The van der Waals surface area contributed by atoms with E-state index in [9.17, 15) is 8.78 Å². The van der Waals surface area contributed by atoms with Gasteiger partial charge in [0.1, 0.15) is 22.8 Å². The van der Waals surface area contributed by atoms with Crippen LogP contribution in [0.4, 0.5) is 8.78 Å². The van der Waals surface area contributed by atoms with Gasteiger partial charge in [0.15, 0.2) is 5.82 Å². The van der Waals surface area contributed by atoms with Gasteiger partial charge in [-0.1, -0.05) is 38.4 Å². The third kappa shape index (κ3) is 3.21. The highest BCUT2D eigenvalue weighted by Crippen LogP contribution is 2.36. The van der Waals surface area contributed by atoms with Crippen LogP contribution in [0.1, 0.15) is 32.0 Å². The number of imidazole rings is 1. The van der Waals surface area contributed by atoms with Crippen LogP contribution in [0.3, 0.4) is 0 Å². The van der Waals surface area contributed by atoms with E-state index in [1.165, 1.54) is 24.3 Å². The second kappa shape index (κ2) is 6.66. The first-order chi connectivity index (χ1) is 13.6. The quantitative estimate of drug-likeness (QED) is 0.426. The van der Waals surface area contributed by atoms with Gasteiger partial charge >= 0.3 is 0 Å². The Balaban J connectivity index is 1.91. The van der Waals surface area contributed by atoms with Gasteiger partial charge in [-0.05, 0) is 36.8 Å². The van der Waals surface area contributed by atoms with E-state index < -0.39 is 11.6 Å². The summed E-state index contributed by atoms with van der Waals surface area (Å²) in [5.74, 6) is -0.675. The molecular weight excluding hydrogens is 394 g/mol. The van der Waals surface area contributed by atoms with E-state index in [1.54, 1.807) is 10.7 Å². The second-order valence-corrected chi connectivity index (χ2v) is 8.64. The minimum Gasteiger partial charge on any atom is -0.337 e. The first-order valence-electron chi connectivity index (χ1n) is 9.26. The molecule has 4 nitrogen and oxygen atoms in total. The minimum atomic E-state index is -0.641. The standard InChI is InChI=1S/C22H21ClF2N4/c1-11-19(29(5)28-20(11)22(2,3)4)21-26-16-10-12(9-13(23)18(16)27-21)17-14(24)7-6-8-15(17)25/h6-10H,1-5H3,(H,26,27). The lowest BCUT2D eigenvalue weighted by Gasteiger charge is -2.16. The summed E-state index contributed by atoms with van der Waals surface area (Å²) < 4.78 is 30.3. The maximum atomic E-state index is 14.2. The van der Waals surface area contributed by atoms with Crippen LogP contribution in [0.2, 0.25) is 5.02 Å². The van der Waals surface area contributed by atoms with Crippen LogP contribution in [0.5, 0.6) is 0 Å². The van der Waals surface area contributed by atoms with Crippen molar-refractivity contribution in [1.29, 1.82) is 0 Å². The maximum absolute atomic E-state index is 14.2. The number of halogens is 3. The lowest BCUT2D eigenvalue weighted by Crippen LogP contribution is -2.13. The van der Waals surface area contributed by atoms with E-state index in [-0.39, 0.29) is 11.0 Å². The van der Waals surface area contributed by atoms with E-state index in [4.69, 9.17) is 11.6 Å². The molecule has 0 amide bonds. The lowest BCUT2D eigenvalue weighted by molar-refractivity contribution is 0.550. The molecule has 0 aliphatic carbocycles. The highest BCUT2D eigenvalue weighted by Gasteiger charge is 2.25. The van der Waals surface area contributed by atoms with Gasteiger partial charge in [-0.3, -0.25) is 4.68 Å². The highest BCUT2D eigenvalue weighted by molar-refractivity contribution is 6.35. The summed E-state index contributed by atoms with van der Waals surface area (Å²) >= 11 is 6.43. The predicted octanol–water partition coefficient (Wildman–Crippen LogP) is 6.17.